The average Bonchev–Trinajstić information content (AvgIpc) is 2.36. The molecule has 3 atom stereocenters. The van der Waals surface area contributed by atoms with Gasteiger partial charge in [-0.3, -0.25) is 0 Å². The third-order valence-electron chi connectivity index (χ3n) is 3.85. The van der Waals surface area contributed by atoms with Crippen LogP contribution < -0.4 is 0 Å². The molecule has 0 amide bonds. The summed E-state index contributed by atoms with van der Waals surface area (Å²) in [6.45, 7) is 4.45. The summed E-state index contributed by atoms with van der Waals surface area (Å²) in [5.41, 5.74) is 0.322. The number of carbonyl (C=O) groups excluding carboxylic acids is 1. The number of halogens is 2. The summed E-state index contributed by atoms with van der Waals surface area (Å²) >= 11 is 9.21. The largest absolute Gasteiger partial charge is 0.459 e. The van der Waals surface area contributed by atoms with Gasteiger partial charge in [-0.2, -0.15) is 0 Å². The molecule has 104 valence electrons. The van der Waals surface area contributed by atoms with Gasteiger partial charge in [-0.1, -0.05) is 25.4 Å². The Balaban J connectivity index is 2.03. The quantitative estimate of drug-likeness (QED) is 0.585. The van der Waals surface area contributed by atoms with E-state index in [1.807, 2.05) is 0 Å². The van der Waals surface area contributed by atoms with E-state index in [-0.39, 0.29) is 17.2 Å². The number of aromatic nitrogens is 1. The second kappa shape index (κ2) is 6.23. The molecule has 1 aromatic heterocycles. The first-order chi connectivity index (χ1) is 8.97. The number of hydrogen-bond acceptors (Lipinski definition) is 3. The molecule has 0 bridgehead atoms. The SMILES string of the molecule is CC1CCC(OC(=O)c2cc(Br)cnc2Cl)CC1C. The lowest BCUT2D eigenvalue weighted by molar-refractivity contribution is 0.00876. The van der Waals surface area contributed by atoms with Gasteiger partial charge in [-0.05, 0) is 53.1 Å². The summed E-state index contributed by atoms with van der Waals surface area (Å²) in [7, 11) is 0. The van der Waals surface area contributed by atoms with Crippen molar-refractivity contribution in [3.8, 4) is 0 Å². The lowest BCUT2D eigenvalue weighted by Gasteiger charge is -2.31. The minimum atomic E-state index is -0.384. The zero-order chi connectivity index (χ0) is 14.0. The lowest BCUT2D eigenvalue weighted by atomic mass is 9.80. The predicted molar refractivity (Wildman–Crippen MR) is 78.3 cm³/mol. The van der Waals surface area contributed by atoms with Crippen LogP contribution in [0.25, 0.3) is 0 Å². The Morgan fingerprint density at radius 1 is 1.42 bits per heavy atom. The van der Waals surface area contributed by atoms with E-state index in [0.717, 1.165) is 23.7 Å². The summed E-state index contributed by atoms with van der Waals surface area (Å²) in [5.74, 6) is 0.902. The Bertz CT molecular complexity index is 481. The number of hydrogen-bond donors (Lipinski definition) is 0. The van der Waals surface area contributed by atoms with Gasteiger partial charge in [0.25, 0.3) is 0 Å². The van der Waals surface area contributed by atoms with Crippen molar-refractivity contribution in [2.45, 2.75) is 39.2 Å². The minimum Gasteiger partial charge on any atom is -0.459 e. The van der Waals surface area contributed by atoms with Crippen molar-refractivity contribution in [3.63, 3.8) is 0 Å². The molecule has 19 heavy (non-hydrogen) atoms. The molecule has 1 saturated carbocycles. The van der Waals surface area contributed by atoms with Crippen LogP contribution >= 0.6 is 27.5 Å². The molecule has 1 aliphatic carbocycles. The van der Waals surface area contributed by atoms with Crippen molar-refractivity contribution in [2.75, 3.05) is 0 Å². The van der Waals surface area contributed by atoms with Crippen molar-refractivity contribution < 1.29 is 9.53 Å². The van der Waals surface area contributed by atoms with Gasteiger partial charge in [0.1, 0.15) is 11.3 Å². The van der Waals surface area contributed by atoms with Gasteiger partial charge in [0, 0.05) is 10.7 Å². The van der Waals surface area contributed by atoms with Crippen LogP contribution in [-0.4, -0.2) is 17.1 Å². The molecule has 0 spiro atoms. The molecule has 2 rings (SSSR count). The first-order valence-corrected chi connectivity index (χ1v) is 7.66. The fourth-order valence-electron chi connectivity index (χ4n) is 2.39. The minimum absolute atomic E-state index is 0.00579. The van der Waals surface area contributed by atoms with Crippen LogP contribution in [0.4, 0.5) is 0 Å². The van der Waals surface area contributed by atoms with Gasteiger partial charge in [0.05, 0.1) is 5.56 Å². The van der Waals surface area contributed by atoms with Gasteiger partial charge < -0.3 is 4.74 Å². The standard InChI is InChI=1S/C14H17BrClNO2/c1-8-3-4-11(5-9(8)2)19-14(18)12-6-10(15)7-17-13(12)16/h6-9,11H,3-5H2,1-2H3. The van der Waals surface area contributed by atoms with Crippen molar-refractivity contribution in [1.29, 1.82) is 0 Å². The Morgan fingerprint density at radius 3 is 2.84 bits per heavy atom. The number of pyridine rings is 1. The van der Waals surface area contributed by atoms with Crippen molar-refractivity contribution in [2.24, 2.45) is 11.8 Å². The average molecular weight is 347 g/mol. The Kier molecular flexibility index (Phi) is 4.85. The Hall–Kier alpha value is -0.610. The highest BCUT2D eigenvalue weighted by molar-refractivity contribution is 9.10. The van der Waals surface area contributed by atoms with Crippen molar-refractivity contribution in [1.82, 2.24) is 4.98 Å². The molecule has 0 aromatic carbocycles. The molecular weight excluding hydrogens is 330 g/mol. The van der Waals surface area contributed by atoms with Crippen LogP contribution in [0.5, 0.6) is 0 Å². The molecular formula is C14H17BrClNO2. The molecule has 1 fully saturated rings. The molecule has 1 heterocycles. The molecule has 0 radical (unpaired) electrons. The van der Waals surface area contributed by atoms with E-state index in [9.17, 15) is 4.79 Å². The number of ether oxygens (including phenoxy) is 1. The second-order valence-electron chi connectivity index (χ2n) is 5.29. The molecule has 0 aliphatic heterocycles. The zero-order valence-electron chi connectivity index (χ0n) is 11.0. The van der Waals surface area contributed by atoms with E-state index in [4.69, 9.17) is 16.3 Å². The van der Waals surface area contributed by atoms with Gasteiger partial charge in [-0.15, -0.1) is 0 Å². The molecule has 3 nitrogen and oxygen atoms in total. The van der Waals surface area contributed by atoms with Crippen LogP contribution in [0.1, 0.15) is 43.5 Å². The van der Waals surface area contributed by atoms with Crippen LogP contribution in [-0.2, 0) is 4.74 Å². The van der Waals surface area contributed by atoms with E-state index < -0.39 is 0 Å². The van der Waals surface area contributed by atoms with E-state index in [0.29, 0.717) is 17.4 Å². The summed E-state index contributed by atoms with van der Waals surface area (Å²) in [5, 5.41) is 0.186. The highest BCUT2D eigenvalue weighted by atomic mass is 79.9. The molecule has 0 saturated heterocycles. The lowest BCUT2D eigenvalue weighted by Crippen LogP contribution is -2.28. The highest BCUT2D eigenvalue weighted by Crippen LogP contribution is 2.31. The maximum absolute atomic E-state index is 12.1. The second-order valence-corrected chi connectivity index (χ2v) is 6.56. The van der Waals surface area contributed by atoms with Gasteiger partial charge in [-0.25, -0.2) is 9.78 Å². The first kappa shape index (κ1) is 14.8. The van der Waals surface area contributed by atoms with Gasteiger partial charge >= 0.3 is 5.97 Å². The predicted octanol–water partition coefficient (Wildman–Crippen LogP) is 4.48. The summed E-state index contributed by atoms with van der Waals surface area (Å²) in [4.78, 5) is 16.0. The third-order valence-corrected chi connectivity index (χ3v) is 4.58. The fraction of sp³-hybridized carbons (Fsp3) is 0.571. The molecule has 1 aliphatic rings. The third kappa shape index (κ3) is 3.69. The summed E-state index contributed by atoms with van der Waals surface area (Å²) in [6, 6.07) is 1.65. The first-order valence-electron chi connectivity index (χ1n) is 6.49. The zero-order valence-corrected chi connectivity index (χ0v) is 13.4. The number of rotatable bonds is 2. The van der Waals surface area contributed by atoms with Gasteiger partial charge in [0.15, 0.2) is 0 Å². The van der Waals surface area contributed by atoms with E-state index in [1.165, 1.54) is 0 Å². The Morgan fingerprint density at radius 2 is 2.16 bits per heavy atom. The molecule has 3 unspecified atom stereocenters. The van der Waals surface area contributed by atoms with Crippen LogP contribution in [0.15, 0.2) is 16.7 Å². The molecule has 0 N–H and O–H groups in total. The molecule has 5 heteroatoms. The van der Waals surface area contributed by atoms with Crippen LogP contribution in [0, 0.1) is 11.8 Å². The Labute approximate surface area is 126 Å². The maximum atomic E-state index is 12.1. The van der Waals surface area contributed by atoms with Crippen molar-refractivity contribution in [3.05, 3.63) is 27.5 Å². The maximum Gasteiger partial charge on any atom is 0.341 e. The topological polar surface area (TPSA) is 39.2 Å². The van der Waals surface area contributed by atoms with Gasteiger partial charge in [0.2, 0.25) is 0 Å². The van der Waals surface area contributed by atoms with E-state index in [2.05, 4.69) is 34.8 Å². The van der Waals surface area contributed by atoms with E-state index >= 15 is 0 Å². The molecule has 1 aromatic rings. The summed E-state index contributed by atoms with van der Waals surface area (Å²) < 4.78 is 6.26. The van der Waals surface area contributed by atoms with Crippen LogP contribution in [0.2, 0.25) is 5.15 Å². The van der Waals surface area contributed by atoms with E-state index in [1.54, 1.807) is 12.3 Å². The number of carbonyl (C=O) groups is 1. The van der Waals surface area contributed by atoms with Crippen LogP contribution in [0.3, 0.4) is 0 Å². The fourth-order valence-corrected chi connectivity index (χ4v) is 2.90. The van der Waals surface area contributed by atoms with Crippen molar-refractivity contribution >= 4 is 33.5 Å². The monoisotopic (exact) mass is 345 g/mol. The normalized spacial score (nSPS) is 27.1. The smallest absolute Gasteiger partial charge is 0.341 e. The highest BCUT2D eigenvalue weighted by Gasteiger charge is 2.28. The summed E-state index contributed by atoms with van der Waals surface area (Å²) in [6.07, 6.45) is 4.50. The number of esters is 1. The number of nitrogens with zero attached hydrogens (tertiary/aromatic N) is 1.